The Kier molecular flexibility index (Phi) is 6.12. The van der Waals surface area contributed by atoms with Gasteiger partial charge in [0.1, 0.15) is 0 Å². The van der Waals surface area contributed by atoms with Gasteiger partial charge in [0.05, 0.1) is 0 Å². The van der Waals surface area contributed by atoms with Crippen LogP contribution in [0.15, 0.2) is 24.3 Å². The third-order valence-electron chi connectivity index (χ3n) is 3.02. The summed E-state index contributed by atoms with van der Waals surface area (Å²) in [5.74, 6) is 0. The van der Waals surface area contributed by atoms with Gasteiger partial charge < -0.3 is 11.5 Å². The van der Waals surface area contributed by atoms with Gasteiger partial charge in [-0.05, 0) is 43.9 Å². The fourth-order valence-corrected chi connectivity index (χ4v) is 1.95. The Morgan fingerprint density at radius 1 is 1.12 bits per heavy atom. The minimum absolute atomic E-state index is 0.291. The van der Waals surface area contributed by atoms with E-state index in [0.29, 0.717) is 6.04 Å². The number of hydrogen-bond donors (Lipinski definition) is 2. The van der Waals surface area contributed by atoms with Crippen LogP contribution in [-0.2, 0) is 6.42 Å². The average molecular weight is 220 g/mol. The van der Waals surface area contributed by atoms with Crippen LogP contribution in [0.1, 0.15) is 36.8 Å². The molecule has 90 valence electrons. The quantitative estimate of drug-likeness (QED) is 0.693. The van der Waals surface area contributed by atoms with E-state index < -0.39 is 0 Å². The first-order valence-electron chi connectivity index (χ1n) is 6.24. The molecule has 0 aromatic heterocycles. The van der Waals surface area contributed by atoms with Gasteiger partial charge in [-0.3, -0.25) is 0 Å². The number of unbranched alkanes of at least 4 members (excludes halogenated alkanes) is 2. The van der Waals surface area contributed by atoms with Crippen molar-refractivity contribution < 1.29 is 0 Å². The number of aryl methyl sites for hydroxylation is 1. The summed E-state index contributed by atoms with van der Waals surface area (Å²) in [6.07, 6.45) is 5.63. The summed E-state index contributed by atoms with van der Waals surface area (Å²) in [7, 11) is 0. The second-order valence-corrected chi connectivity index (χ2v) is 4.53. The Morgan fingerprint density at radius 2 is 1.88 bits per heavy atom. The highest BCUT2D eigenvalue weighted by Gasteiger charge is 2.05. The standard InChI is InChI=1S/C14H24N2/c1-12-7-4-5-8-13(12)11-14(16)9-3-2-6-10-15/h4-5,7-8,14H,2-3,6,9-11,15-16H2,1H3. The van der Waals surface area contributed by atoms with Crippen LogP contribution in [0.2, 0.25) is 0 Å². The van der Waals surface area contributed by atoms with Gasteiger partial charge in [-0.25, -0.2) is 0 Å². The SMILES string of the molecule is Cc1ccccc1CC(N)CCCCCN. The molecule has 0 saturated heterocycles. The molecule has 0 aliphatic rings. The number of hydrogen-bond acceptors (Lipinski definition) is 2. The highest BCUT2D eigenvalue weighted by atomic mass is 14.6. The molecular formula is C14H24N2. The van der Waals surface area contributed by atoms with Crippen LogP contribution in [0.3, 0.4) is 0 Å². The summed E-state index contributed by atoms with van der Waals surface area (Å²) in [5, 5.41) is 0. The zero-order valence-corrected chi connectivity index (χ0v) is 10.3. The van der Waals surface area contributed by atoms with Crippen molar-refractivity contribution in [2.45, 2.75) is 45.1 Å². The van der Waals surface area contributed by atoms with Crippen LogP contribution in [0, 0.1) is 6.92 Å². The van der Waals surface area contributed by atoms with Crippen LogP contribution in [-0.4, -0.2) is 12.6 Å². The Hall–Kier alpha value is -0.860. The van der Waals surface area contributed by atoms with E-state index in [2.05, 4.69) is 31.2 Å². The topological polar surface area (TPSA) is 52.0 Å². The van der Waals surface area contributed by atoms with Gasteiger partial charge in [-0.15, -0.1) is 0 Å². The third kappa shape index (κ3) is 4.77. The lowest BCUT2D eigenvalue weighted by molar-refractivity contribution is 0.550. The van der Waals surface area contributed by atoms with E-state index >= 15 is 0 Å². The fourth-order valence-electron chi connectivity index (χ4n) is 1.95. The van der Waals surface area contributed by atoms with Gasteiger partial charge in [0.2, 0.25) is 0 Å². The molecule has 0 saturated carbocycles. The van der Waals surface area contributed by atoms with Gasteiger partial charge in [0.25, 0.3) is 0 Å². The van der Waals surface area contributed by atoms with Crippen LogP contribution in [0.4, 0.5) is 0 Å². The van der Waals surface area contributed by atoms with Gasteiger partial charge >= 0.3 is 0 Å². The van der Waals surface area contributed by atoms with Gasteiger partial charge in [-0.2, -0.15) is 0 Å². The number of benzene rings is 1. The minimum Gasteiger partial charge on any atom is -0.330 e. The lowest BCUT2D eigenvalue weighted by atomic mass is 9.98. The summed E-state index contributed by atoms with van der Waals surface area (Å²) < 4.78 is 0. The molecule has 0 radical (unpaired) electrons. The van der Waals surface area contributed by atoms with E-state index in [0.717, 1.165) is 25.8 Å². The largest absolute Gasteiger partial charge is 0.330 e. The van der Waals surface area contributed by atoms with E-state index in [1.165, 1.54) is 24.0 Å². The Labute approximate surface area is 99.0 Å². The summed E-state index contributed by atoms with van der Waals surface area (Å²) in [6, 6.07) is 8.78. The summed E-state index contributed by atoms with van der Waals surface area (Å²) >= 11 is 0. The molecule has 2 nitrogen and oxygen atoms in total. The average Bonchev–Trinajstić information content (AvgIpc) is 2.28. The van der Waals surface area contributed by atoms with E-state index in [1.807, 2.05) is 0 Å². The maximum atomic E-state index is 6.13. The summed E-state index contributed by atoms with van der Waals surface area (Å²) in [5.41, 5.74) is 14.3. The van der Waals surface area contributed by atoms with Crippen molar-refractivity contribution >= 4 is 0 Å². The summed E-state index contributed by atoms with van der Waals surface area (Å²) in [6.45, 7) is 2.95. The zero-order chi connectivity index (χ0) is 11.8. The molecule has 0 spiro atoms. The second-order valence-electron chi connectivity index (χ2n) is 4.53. The van der Waals surface area contributed by atoms with Gasteiger partial charge in [-0.1, -0.05) is 37.1 Å². The monoisotopic (exact) mass is 220 g/mol. The van der Waals surface area contributed by atoms with Crippen LogP contribution in [0.25, 0.3) is 0 Å². The predicted octanol–water partition coefficient (Wildman–Crippen LogP) is 2.38. The van der Waals surface area contributed by atoms with E-state index in [1.54, 1.807) is 0 Å². The Morgan fingerprint density at radius 3 is 2.56 bits per heavy atom. The molecule has 1 atom stereocenters. The van der Waals surface area contributed by atoms with E-state index in [4.69, 9.17) is 11.5 Å². The fraction of sp³-hybridized carbons (Fsp3) is 0.571. The molecule has 0 bridgehead atoms. The van der Waals surface area contributed by atoms with E-state index in [9.17, 15) is 0 Å². The highest BCUT2D eigenvalue weighted by molar-refractivity contribution is 5.26. The van der Waals surface area contributed by atoms with Crippen molar-refractivity contribution in [3.05, 3.63) is 35.4 Å². The van der Waals surface area contributed by atoms with Crippen molar-refractivity contribution in [1.82, 2.24) is 0 Å². The summed E-state index contributed by atoms with van der Waals surface area (Å²) in [4.78, 5) is 0. The van der Waals surface area contributed by atoms with Crippen molar-refractivity contribution in [3.8, 4) is 0 Å². The molecule has 1 aromatic rings. The normalized spacial score (nSPS) is 12.7. The Balaban J connectivity index is 2.28. The molecule has 4 N–H and O–H groups in total. The minimum atomic E-state index is 0.291. The van der Waals surface area contributed by atoms with Crippen molar-refractivity contribution in [3.63, 3.8) is 0 Å². The molecule has 16 heavy (non-hydrogen) atoms. The van der Waals surface area contributed by atoms with Crippen molar-refractivity contribution in [2.24, 2.45) is 11.5 Å². The lowest BCUT2D eigenvalue weighted by Crippen LogP contribution is -2.23. The molecule has 0 heterocycles. The van der Waals surface area contributed by atoms with Crippen molar-refractivity contribution in [2.75, 3.05) is 6.54 Å². The molecule has 0 fully saturated rings. The first-order chi connectivity index (χ1) is 7.74. The van der Waals surface area contributed by atoms with Crippen LogP contribution < -0.4 is 11.5 Å². The van der Waals surface area contributed by atoms with Crippen LogP contribution >= 0.6 is 0 Å². The lowest BCUT2D eigenvalue weighted by Gasteiger charge is -2.13. The smallest absolute Gasteiger partial charge is 0.00794 e. The molecule has 0 aliphatic heterocycles. The van der Waals surface area contributed by atoms with E-state index in [-0.39, 0.29) is 0 Å². The number of nitrogens with two attached hydrogens (primary N) is 2. The Bertz CT molecular complexity index is 297. The number of rotatable bonds is 7. The van der Waals surface area contributed by atoms with Gasteiger partial charge in [0, 0.05) is 6.04 Å². The van der Waals surface area contributed by atoms with Crippen LogP contribution in [0.5, 0.6) is 0 Å². The second kappa shape index (κ2) is 7.42. The maximum Gasteiger partial charge on any atom is 0.00794 e. The molecule has 2 heteroatoms. The highest BCUT2D eigenvalue weighted by Crippen LogP contribution is 2.12. The molecule has 1 rings (SSSR count). The molecule has 1 unspecified atom stereocenters. The third-order valence-corrected chi connectivity index (χ3v) is 3.02. The maximum absolute atomic E-state index is 6.13. The molecule has 0 amide bonds. The zero-order valence-electron chi connectivity index (χ0n) is 10.3. The first-order valence-corrected chi connectivity index (χ1v) is 6.24. The molecule has 1 aromatic carbocycles. The van der Waals surface area contributed by atoms with Gasteiger partial charge in [0.15, 0.2) is 0 Å². The molecular weight excluding hydrogens is 196 g/mol. The predicted molar refractivity (Wildman–Crippen MR) is 70.4 cm³/mol. The molecule has 0 aliphatic carbocycles. The van der Waals surface area contributed by atoms with Crippen molar-refractivity contribution in [1.29, 1.82) is 0 Å². The first kappa shape index (κ1) is 13.2.